The van der Waals surface area contributed by atoms with Crippen LogP contribution in [0.15, 0.2) is 52.2 Å². The molecule has 3 rings (SSSR count). The number of nitro benzene ring substituents is 1. The first kappa shape index (κ1) is 18.6. The van der Waals surface area contributed by atoms with Crippen LogP contribution < -0.4 is 5.73 Å². The third-order valence-corrected chi connectivity index (χ3v) is 4.81. The number of carbonyl (C=O) groups excluding carboxylic acids is 1. The van der Waals surface area contributed by atoms with Gasteiger partial charge in [-0.05, 0) is 17.7 Å². The van der Waals surface area contributed by atoms with E-state index in [1.165, 1.54) is 23.9 Å². The molecule has 1 amide bonds. The molecular weight excluding hydrogens is 370 g/mol. The van der Waals surface area contributed by atoms with E-state index in [2.05, 4.69) is 10.2 Å². The second-order valence-corrected chi connectivity index (χ2v) is 6.69. The average Bonchev–Trinajstić information content (AvgIpc) is 3.29. The summed E-state index contributed by atoms with van der Waals surface area (Å²) < 4.78 is 7.26. The van der Waals surface area contributed by atoms with Crippen LogP contribution in [0.25, 0.3) is 0 Å². The molecule has 10 heteroatoms. The van der Waals surface area contributed by atoms with Crippen molar-refractivity contribution in [2.75, 3.05) is 0 Å². The summed E-state index contributed by atoms with van der Waals surface area (Å²) in [5.74, 6) is 1.45. The van der Waals surface area contributed by atoms with Crippen LogP contribution in [0.3, 0.4) is 0 Å². The van der Waals surface area contributed by atoms with Crippen molar-refractivity contribution in [2.45, 2.75) is 30.3 Å². The monoisotopic (exact) mass is 387 g/mol. The SMILES string of the molecule is NC(=O)CCc1nnc(SCc2cccc([N+](=O)[O-])c2)n1Cc1ccco1. The normalized spacial score (nSPS) is 10.8. The van der Waals surface area contributed by atoms with Crippen LogP contribution in [-0.2, 0) is 23.5 Å². The third kappa shape index (κ3) is 4.94. The number of furan rings is 1. The molecule has 1 aromatic carbocycles. The van der Waals surface area contributed by atoms with E-state index in [0.717, 1.165) is 11.3 Å². The average molecular weight is 387 g/mol. The summed E-state index contributed by atoms with van der Waals surface area (Å²) >= 11 is 1.41. The Morgan fingerprint density at radius 1 is 1.30 bits per heavy atom. The smallest absolute Gasteiger partial charge is 0.269 e. The summed E-state index contributed by atoms with van der Waals surface area (Å²) in [5.41, 5.74) is 6.09. The number of non-ortho nitro benzene ring substituents is 1. The molecule has 0 unspecified atom stereocenters. The first-order valence-corrected chi connectivity index (χ1v) is 9.10. The van der Waals surface area contributed by atoms with E-state index in [1.807, 2.05) is 16.7 Å². The van der Waals surface area contributed by atoms with E-state index in [-0.39, 0.29) is 12.1 Å². The molecule has 0 radical (unpaired) electrons. The van der Waals surface area contributed by atoms with Gasteiger partial charge in [0.15, 0.2) is 5.16 Å². The number of nitrogens with two attached hydrogens (primary N) is 1. The minimum Gasteiger partial charge on any atom is -0.467 e. The number of nitrogens with zero attached hydrogens (tertiary/aromatic N) is 4. The van der Waals surface area contributed by atoms with E-state index in [9.17, 15) is 14.9 Å². The standard InChI is InChI=1S/C17H17N5O4S/c18-15(23)6-7-16-19-20-17(21(16)10-14-5-2-8-26-14)27-11-12-3-1-4-13(9-12)22(24)25/h1-5,8-9H,6-7,10-11H2,(H2,18,23). The van der Waals surface area contributed by atoms with E-state index in [0.29, 0.717) is 29.7 Å². The fraction of sp³-hybridized carbons (Fsp3) is 0.235. The Morgan fingerprint density at radius 3 is 2.85 bits per heavy atom. The van der Waals surface area contributed by atoms with Gasteiger partial charge in [0.05, 0.1) is 17.7 Å². The number of amides is 1. The van der Waals surface area contributed by atoms with Gasteiger partial charge in [0, 0.05) is 30.7 Å². The summed E-state index contributed by atoms with van der Waals surface area (Å²) in [5, 5.41) is 19.9. The van der Waals surface area contributed by atoms with Crippen molar-refractivity contribution in [1.29, 1.82) is 0 Å². The number of aromatic nitrogens is 3. The molecule has 3 aromatic rings. The number of rotatable bonds is 9. The second kappa shape index (κ2) is 8.49. The van der Waals surface area contributed by atoms with E-state index >= 15 is 0 Å². The molecule has 140 valence electrons. The molecule has 0 spiro atoms. The lowest BCUT2D eigenvalue weighted by molar-refractivity contribution is -0.384. The molecule has 0 fully saturated rings. The molecule has 0 aliphatic heterocycles. The molecule has 2 N–H and O–H groups in total. The first-order chi connectivity index (χ1) is 13.0. The van der Waals surface area contributed by atoms with Gasteiger partial charge in [-0.3, -0.25) is 19.5 Å². The first-order valence-electron chi connectivity index (χ1n) is 8.12. The zero-order valence-corrected chi connectivity index (χ0v) is 15.1. The molecule has 0 bridgehead atoms. The van der Waals surface area contributed by atoms with Crippen LogP contribution in [0.5, 0.6) is 0 Å². The Kier molecular flexibility index (Phi) is 5.87. The van der Waals surface area contributed by atoms with Gasteiger partial charge in [-0.2, -0.15) is 0 Å². The lowest BCUT2D eigenvalue weighted by Crippen LogP contribution is -2.14. The summed E-state index contributed by atoms with van der Waals surface area (Å²) in [6.45, 7) is 0.422. The molecule has 0 atom stereocenters. The summed E-state index contributed by atoms with van der Waals surface area (Å²) in [6, 6.07) is 10.1. The van der Waals surface area contributed by atoms with Crippen molar-refractivity contribution in [3.63, 3.8) is 0 Å². The number of benzene rings is 1. The maximum absolute atomic E-state index is 11.1. The van der Waals surface area contributed by atoms with Crippen LogP contribution in [0.2, 0.25) is 0 Å². The van der Waals surface area contributed by atoms with Gasteiger partial charge >= 0.3 is 0 Å². The lowest BCUT2D eigenvalue weighted by atomic mass is 10.2. The summed E-state index contributed by atoms with van der Waals surface area (Å²) in [4.78, 5) is 21.6. The van der Waals surface area contributed by atoms with E-state index in [1.54, 1.807) is 18.4 Å². The molecule has 0 aliphatic rings. The molecule has 2 heterocycles. The van der Waals surface area contributed by atoms with Crippen molar-refractivity contribution in [3.8, 4) is 0 Å². The fourth-order valence-electron chi connectivity index (χ4n) is 2.47. The van der Waals surface area contributed by atoms with Crippen molar-refractivity contribution in [1.82, 2.24) is 14.8 Å². The highest BCUT2D eigenvalue weighted by atomic mass is 32.2. The van der Waals surface area contributed by atoms with Crippen LogP contribution in [0.4, 0.5) is 5.69 Å². The molecule has 9 nitrogen and oxygen atoms in total. The minimum atomic E-state index is -0.421. The second-order valence-electron chi connectivity index (χ2n) is 5.75. The van der Waals surface area contributed by atoms with Gasteiger partial charge < -0.3 is 10.2 Å². The number of hydrogen-bond acceptors (Lipinski definition) is 7. The van der Waals surface area contributed by atoms with Gasteiger partial charge in [0.25, 0.3) is 5.69 Å². The van der Waals surface area contributed by atoms with E-state index in [4.69, 9.17) is 10.2 Å². The zero-order chi connectivity index (χ0) is 19.2. The van der Waals surface area contributed by atoms with Gasteiger partial charge in [0.2, 0.25) is 5.91 Å². The number of aryl methyl sites for hydroxylation is 1. The molecular formula is C17H17N5O4S. The summed E-state index contributed by atoms with van der Waals surface area (Å²) in [6.07, 6.45) is 2.13. The zero-order valence-electron chi connectivity index (χ0n) is 14.3. The molecule has 2 aromatic heterocycles. The largest absolute Gasteiger partial charge is 0.467 e. The quantitative estimate of drug-likeness (QED) is 0.339. The summed E-state index contributed by atoms with van der Waals surface area (Å²) in [7, 11) is 0. The van der Waals surface area contributed by atoms with Crippen LogP contribution >= 0.6 is 11.8 Å². The van der Waals surface area contributed by atoms with Gasteiger partial charge in [-0.1, -0.05) is 23.9 Å². The molecule has 0 saturated carbocycles. The maximum atomic E-state index is 11.1. The fourth-order valence-corrected chi connectivity index (χ4v) is 3.37. The van der Waals surface area contributed by atoms with Crippen LogP contribution in [0, 0.1) is 10.1 Å². The topological polar surface area (TPSA) is 130 Å². The Hall–Kier alpha value is -3.14. The number of thioether (sulfide) groups is 1. The van der Waals surface area contributed by atoms with Crippen molar-refractivity contribution >= 4 is 23.4 Å². The van der Waals surface area contributed by atoms with Gasteiger partial charge in [-0.25, -0.2) is 0 Å². The van der Waals surface area contributed by atoms with Gasteiger partial charge in [-0.15, -0.1) is 10.2 Å². The number of carbonyl (C=O) groups is 1. The van der Waals surface area contributed by atoms with Crippen LogP contribution in [-0.4, -0.2) is 25.6 Å². The van der Waals surface area contributed by atoms with Crippen molar-refractivity contribution in [3.05, 3.63) is 69.9 Å². The number of primary amides is 1. The van der Waals surface area contributed by atoms with E-state index < -0.39 is 10.8 Å². The van der Waals surface area contributed by atoms with Crippen molar-refractivity contribution in [2.24, 2.45) is 5.73 Å². The molecule has 0 aliphatic carbocycles. The Bertz CT molecular complexity index is 939. The Labute approximate surface area is 158 Å². The minimum absolute atomic E-state index is 0.0484. The highest BCUT2D eigenvalue weighted by Gasteiger charge is 2.15. The maximum Gasteiger partial charge on any atom is 0.269 e. The van der Waals surface area contributed by atoms with Gasteiger partial charge in [0.1, 0.15) is 11.6 Å². The van der Waals surface area contributed by atoms with Crippen molar-refractivity contribution < 1.29 is 14.1 Å². The highest BCUT2D eigenvalue weighted by Crippen LogP contribution is 2.25. The Balaban J connectivity index is 1.78. The number of hydrogen-bond donors (Lipinski definition) is 1. The molecule has 0 saturated heterocycles. The number of nitro groups is 1. The molecule has 27 heavy (non-hydrogen) atoms. The Morgan fingerprint density at radius 2 is 2.15 bits per heavy atom. The third-order valence-electron chi connectivity index (χ3n) is 3.77. The predicted octanol–water partition coefficient (Wildman–Crippen LogP) is 2.54. The lowest BCUT2D eigenvalue weighted by Gasteiger charge is -2.08. The highest BCUT2D eigenvalue weighted by molar-refractivity contribution is 7.98. The predicted molar refractivity (Wildman–Crippen MR) is 98.0 cm³/mol. The van der Waals surface area contributed by atoms with Crippen LogP contribution in [0.1, 0.15) is 23.6 Å².